The SMILES string of the molecule is Cc1c(S(=O)(=O)NCCCN2CCN(c3cccc4oc(=O)[nH]c34)CC2)sc2ccc(F)cc12. The minimum absolute atomic E-state index is 0.244. The molecule has 11 heteroatoms. The first-order valence-corrected chi connectivity index (χ1v) is 13.4. The number of fused-ring (bicyclic) bond motifs is 2. The Kier molecular flexibility index (Phi) is 6.19. The number of oxazole rings is 1. The van der Waals surface area contributed by atoms with Crippen molar-refractivity contribution >= 4 is 48.2 Å². The topological polar surface area (TPSA) is 98.7 Å². The number of rotatable bonds is 7. The van der Waals surface area contributed by atoms with Crippen molar-refractivity contribution in [3.8, 4) is 0 Å². The van der Waals surface area contributed by atoms with Gasteiger partial charge in [0.2, 0.25) is 10.0 Å². The Balaban J connectivity index is 1.14. The van der Waals surface area contributed by atoms with Gasteiger partial charge < -0.3 is 9.32 Å². The van der Waals surface area contributed by atoms with Crippen molar-refractivity contribution < 1.29 is 17.2 Å². The van der Waals surface area contributed by atoms with Crippen LogP contribution in [-0.4, -0.2) is 57.6 Å². The lowest BCUT2D eigenvalue weighted by atomic mass is 10.2. The molecule has 0 spiro atoms. The van der Waals surface area contributed by atoms with Gasteiger partial charge in [0.1, 0.15) is 15.5 Å². The summed E-state index contributed by atoms with van der Waals surface area (Å²) in [5.74, 6) is -0.832. The maximum absolute atomic E-state index is 13.6. The zero-order valence-corrected chi connectivity index (χ0v) is 20.3. The van der Waals surface area contributed by atoms with E-state index in [0.717, 1.165) is 60.0 Å². The molecule has 0 saturated carbocycles. The highest BCUT2D eigenvalue weighted by atomic mass is 32.2. The second-order valence-electron chi connectivity index (χ2n) is 8.40. The lowest BCUT2D eigenvalue weighted by molar-refractivity contribution is 0.255. The van der Waals surface area contributed by atoms with Gasteiger partial charge in [-0.2, -0.15) is 0 Å². The van der Waals surface area contributed by atoms with E-state index in [9.17, 15) is 17.6 Å². The van der Waals surface area contributed by atoms with Gasteiger partial charge >= 0.3 is 5.76 Å². The van der Waals surface area contributed by atoms with Crippen LogP contribution in [0.1, 0.15) is 12.0 Å². The Hall–Kier alpha value is -2.73. The fourth-order valence-electron chi connectivity index (χ4n) is 4.44. The van der Waals surface area contributed by atoms with Crippen molar-refractivity contribution in [2.45, 2.75) is 17.6 Å². The number of thiophene rings is 1. The first kappa shape index (κ1) is 23.0. The number of piperazine rings is 1. The van der Waals surface area contributed by atoms with E-state index < -0.39 is 15.8 Å². The third-order valence-corrected chi connectivity index (χ3v) is 9.54. The monoisotopic (exact) mass is 504 g/mol. The summed E-state index contributed by atoms with van der Waals surface area (Å²) in [5, 5.41) is 0.637. The zero-order valence-electron chi connectivity index (χ0n) is 18.6. The highest BCUT2D eigenvalue weighted by Gasteiger charge is 2.23. The third kappa shape index (κ3) is 4.48. The summed E-state index contributed by atoms with van der Waals surface area (Å²) >= 11 is 1.16. The Morgan fingerprint density at radius 2 is 1.97 bits per heavy atom. The molecule has 0 atom stereocenters. The van der Waals surface area contributed by atoms with Gasteiger partial charge in [0.05, 0.1) is 5.69 Å². The maximum atomic E-state index is 13.6. The first-order chi connectivity index (χ1) is 16.3. The number of aryl methyl sites for hydroxylation is 1. The predicted octanol–water partition coefficient (Wildman–Crippen LogP) is 3.27. The molecule has 0 unspecified atom stereocenters. The van der Waals surface area contributed by atoms with Crippen LogP contribution in [0.15, 0.2) is 49.8 Å². The Bertz CT molecular complexity index is 1500. The minimum atomic E-state index is -3.65. The number of nitrogens with zero attached hydrogens (tertiary/aromatic N) is 2. The molecule has 2 aromatic heterocycles. The van der Waals surface area contributed by atoms with E-state index in [1.807, 2.05) is 12.1 Å². The number of hydrogen-bond donors (Lipinski definition) is 2. The average Bonchev–Trinajstić information content (AvgIpc) is 3.36. The number of para-hydroxylation sites is 1. The number of nitrogens with one attached hydrogen (secondary N) is 2. The fourth-order valence-corrected chi connectivity index (χ4v) is 7.30. The van der Waals surface area contributed by atoms with Crippen molar-refractivity contribution in [1.29, 1.82) is 0 Å². The number of H-pyrrole nitrogens is 1. The van der Waals surface area contributed by atoms with Crippen LogP contribution in [0, 0.1) is 12.7 Å². The molecule has 4 aromatic rings. The van der Waals surface area contributed by atoms with Crippen molar-refractivity contribution in [3.05, 3.63) is 58.3 Å². The van der Waals surface area contributed by atoms with Crippen LogP contribution in [0.3, 0.4) is 0 Å². The van der Waals surface area contributed by atoms with E-state index in [0.29, 0.717) is 29.5 Å². The van der Waals surface area contributed by atoms with Gasteiger partial charge in [-0.1, -0.05) is 6.07 Å². The molecule has 34 heavy (non-hydrogen) atoms. The standard InChI is InChI=1S/C23H25FN4O4S2/c1-15-17-14-16(24)6-7-20(17)33-22(15)34(30,31)25-8-3-9-27-10-12-28(13-11-27)18-4-2-5-19-21(18)26-23(29)32-19/h2,4-7,14,25H,3,8-13H2,1H3,(H,26,29). The van der Waals surface area contributed by atoms with Crippen LogP contribution in [0.4, 0.5) is 10.1 Å². The lowest BCUT2D eigenvalue weighted by Crippen LogP contribution is -2.47. The number of hydrogen-bond acceptors (Lipinski definition) is 7. The average molecular weight is 505 g/mol. The Labute approximate surface area is 200 Å². The molecule has 1 saturated heterocycles. The van der Waals surface area contributed by atoms with E-state index in [4.69, 9.17) is 4.42 Å². The van der Waals surface area contributed by atoms with Gasteiger partial charge in [0.25, 0.3) is 0 Å². The van der Waals surface area contributed by atoms with Gasteiger partial charge in [-0.25, -0.2) is 22.3 Å². The van der Waals surface area contributed by atoms with Crippen LogP contribution in [0.5, 0.6) is 0 Å². The van der Waals surface area contributed by atoms with E-state index in [2.05, 4.69) is 19.5 Å². The summed E-state index contributed by atoms with van der Waals surface area (Å²) < 4.78 is 48.0. The van der Waals surface area contributed by atoms with Gasteiger partial charge in [0.15, 0.2) is 5.58 Å². The molecule has 3 heterocycles. The second kappa shape index (κ2) is 9.14. The van der Waals surface area contributed by atoms with Crippen molar-refractivity contribution in [3.63, 3.8) is 0 Å². The Morgan fingerprint density at radius 1 is 1.18 bits per heavy atom. The van der Waals surface area contributed by atoms with Gasteiger partial charge in [-0.05, 0) is 61.2 Å². The molecular weight excluding hydrogens is 479 g/mol. The van der Waals surface area contributed by atoms with Crippen molar-refractivity contribution in [2.24, 2.45) is 0 Å². The molecule has 5 rings (SSSR count). The van der Waals surface area contributed by atoms with E-state index >= 15 is 0 Å². The van der Waals surface area contributed by atoms with Gasteiger partial charge in [-0.15, -0.1) is 11.3 Å². The van der Waals surface area contributed by atoms with E-state index in [-0.39, 0.29) is 10.0 Å². The predicted molar refractivity (Wildman–Crippen MR) is 132 cm³/mol. The minimum Gasteiger partial charge on any atom is -0.408 e. The summed E-state index contributed by atoms with van der Waals surface area (Å²) in [5.41, 5.74) is 2.80. The molecule has 2 aromatic carbocycles. The number of sulfonamides is 1. The normalized spacial score (nSPS) is 15.5. The molecule has 180 valence electrons. The highest BCUT2D eigenvalue weighted by Crippen LogP contribution is 2.34. The second-order valence-corrected chi connectivity index (χ2v) is 11.4. The molecule has 2 N–H and O–H groups in total. The first-order valence-electron chi connectivity index (χ1n) is 11.1. The molecule has 0 amide bonds. The number of halogens is 1. The molecule has 0 aliphatic carbocycles. The van der Waals surface area contributed by atoms with Crippen LogP contribution in [-0.2, 0) is 10.0 Å². The molecule has 8 nitrogen and oxygen atoms in total. The lowest BCUT2D eigenvalue weighted by Gasteiger charge is -2.36. The van der Waals surface area contributed by atoms with Gasteiger partial charge in [0, 0.05) is 37.4 Å². The van der Waals surface area contributed by atoms with Crippen LogP contribution >= 0.6 is 11.3 Å². The summed E-state index contributed by atoms with van der Waals surface area (Å²) in [6.07, 6.45) is 0.683. The molecule has 0 bridgehead atoms. The number of benzene rings is 2. The smallest absolute Gasteiger partial charge is 0.408 e. The quantitative estimate of drug-likeness (QED) is 0.375. The molecule has 1 fully saturated rings. The number of aromatic amines is 1. The zero-order chi connectivity index (χ0) is 23.9. The highest BCUT2D eigenvalue weighted by molar-refractivity contribution is 7.91. The van der Waals surface area contributed by atoms with Crippen LogP contribution in [0.25, 0.3) is 21.2 Å². The summed E-state index contributed by atoms with van der Waals surface area (Å²) in [6, 6.07) is 9.96. The Morgan fingerprint density at radius 3 is 2.76 bits per heavy atom. The largest absolute Gasteiger partial charge is 0.417 e. The van der Waals surface area contributed by atoms with Crippen molar-refractivity contribution in [1.82, 2.24) is 14.6 Å². The third-order valence-electron chi connectivity index (χ3n) is 6.19. The van der Waals surface area contributed by atoms with E-state index in [1.165, 1.54) is 12.1 Å². The molecule has 1 aliphatic rings. The number of aromatic nitrogens is 1. The van der Waals surface area contributed by atoms with Crippen molar-refractivity contribution in [2.75, 3.05) is 44.2 Å². The summed E-state index contributed by atoms with van der Waals surface area (Å²) in [6.45, 7) is 6.11. The van der Waals surface area contributed by atoms with Gasteiger partial charge in [-0.3, -0.25) is 9.88 Å². The summed E-state index contributed by atoms with van der Waals surface area (Å²) in [4.78, 5) is 18.8. The molecule has 0 radical (unpaired) electrons. The van der Waals surface area contributed by atoms with Crippen LogP contribution < -0.4 is 15.4 Å². The molecular formula is C23H25FN4O4S2. The fraction of sp³-hybridized carbons (Fsp3) is 0.348. The number of anilines is 1. The maximum Gasteiger partial charge on any atom is 0.417 e. The van der Waals surface area contributed by atoms with Crippen LogP contribution in [0.2, 0.25) is 0 Å². The van der Waals surface area contributed by atoms with E-state index in [1.54, 1.807) is 19.1 Å². The summed E-state index contributed by atoms with van der Waals surface area (Å²) in [7, 11) is -3.65. The molecule has 1 aliphatic heterocycles.